The molecule has 1 amide bonds. The molecule has 3 fully saturated rings. The van der Waals surface area contributed by atoms with Crippen LogP contribution in [0, 0.1) is 61.6 Å². The van der Waals surface area contributed by atoms with Gasteiger partial charge in [-0.05, 0) is 105 Å². The van der Waals surface area contributed by atoms with Gasteiger partial charge in [0, 0.05) is 30.3 Å². The number of nitrogens with zero attached hydrogens (tertiary/aromatic N) is 2. The van der Waals surface area contributed by atoms with Crippen LogP contribution in [0.1, 0.15) is 114 Å². The normalized spacial score (nSPS) is 41.3. The second kappa shape index (κ2) is 9.54. The molecule has 0 aromatic heterocycles. The van der Waals surface area contributed by atoms with Crippen molar-refractivity contribution in [3.63, 3.8) is 0 Å². The summed E-state index contributed by atoms with van der Waals surface area (Å²) >= 11 is 0. The molecule has 0 N–H and O–H groups in total. The van der Waals surface area contributed by atoms with E-state index in [2.05, 4.69) is 40.7 Å². The van der Waals surface area contributed by atoms with Crippen LogP contribution in [-0.4, -0.2) is 41.8 Å². The number of nitriles is 1. The number of fused-ring (bicyclic) bond motifs is 7. The van der Waals surface area contributed by atoms with E-state index in [1.807, 2.05) is 53.8 Å². The van der Waals surface area contributed by atoms with Gasteiger partial charge in [-0.25, -0.2) is 4.79 Å². The van der Waals surface area contributed by atoms with Crippen molar-refractivity contribution in [2.45, 2.75) is 120 Å². The number of ketones is 2. The summed E-state index contributed by atoms with van der Waals surface area (Å²) in [6.07, 6.45) is 10.3. The van der Waals surface area contributed by atoms with Crippen LogP contribution in [0.3, 0.4) is 0 Å². The molecule has 0 aliphatic heterocycles. The van der Waals surface area contributed by atoms with Crippen molar-refractivity contribution in [2.24, 2.45) is 50.2 Å². The maximum absolute atomic E-state index is 14.7. The van der Waals surface area contributed by atoms with Gasteiger partial charge >= 0.3 is 6.09 Å². The molecule has 0 aromatic carbocycles. The molecule has 0 heterocycles. The van der Waals surface area contributed by atoms with Gasteiger partial charge in [-0.1, -0.05) is 60.1 Å². The zero-order valence-corrected chi connectivity index (χ0v) is 28.6. The third-order valence-corrected chi connectivity index (χ3v) is 13.3. The smallest absolute Gasteiger partial charge is 0.410 e. The van der Waals surface area contributed by atoms with Crippen molar-refractivity contribution in [3.8, 4) is 6.07 Å². The highest BCUT2D eigenvalue weighted by Crippen LogP contribution is 2.74. The Labute approximate surface area is 259 Å². The van der Waals surface area contributed by atoms with E-state index in [1.54, 1.807) is 4.90 Å². The molecule has 0 spiro atoms. The fourth-order valence-corrected chi connectivity index (χ4v) is 10.9. The zero-order valence-electron chi connectivity index (χ0n) is 28.6. The topological polar surface area (TPSA) is 87.5 Å². The lowest BCUT2D eigenvalue weighted by Gasteiger charge is -2.69. The molecule has 5 rings (SSSR count). The average Bonchev–Trinajstić information content (AvgIpc) is 2.87. The van der Waals surface area contributed by atoms with E-state index < -0.39 is 16.4 Å². The number of Topliss-reactive ketones (excluding diaryl/α,β-unsaturated/α-hetero) is 1. The fourth-order valence-electron chi connectivity index (χ4n) is 10.9. The molecule has 0 bridgehead atoms. The first-order chi connectivity index (χ1) is 19.6. The van der Waals surface area contributed by atoms with E-state index in [0.29, 0.717) is 6.54 Å². The second-order valence-electron chi connectivity index (χ2n) is 18.0. The van der Waals surface area contributed by atoms with Crippen molar-refractivity contribution in [2.75, 3.05) is 13.6 Å². The Balaban J connectivity index is 1.61. The Morgan fingerprint density at radius 3 is 2.26 bits per heavy atom. The number of rotatable bonds is 2. The lowest BCUT2D eigenvalue weighted by molar-refractivity contribution is -0.173. The van der Waals surface area contributed by atoms with Crippen molar-refractivity contribution >= 4 is 17.7 Å². The first-order valence-corrected chi connectivity index (χ1v) is 16.5. The van der Waals surface area contributed by atoms with Crippen molar-refractivity contribution < 1.29 is 19.1 Å². The summed E-state index contributed by atoms with van der Waals surface area (Å²) in [5.41, 5.74) is -0.937. The first kappa shape index (κ1) is 32.0. The number of ether oxygens (including phenoxy) is 1. The van der Waals surface area contributed by atoms with Crippen LogP contribution in [0.5, 0.6) is 0 Å². The molecule has 236 valence electrons. The molecule has 0 unspecified atom stereocenters. The predicted molar refractivity (Wildman–Crippen MR) is 168 cm³/mol. The Hall–Kier alpha value is -2.42. The standard InChI is InChI=1S/C37H54N2O4/c1-31(2,3)43-30(42)39(11)22-37-16-14-32(4,5)20-24(37)28-25(40)18-27-34(8)19-23(21-38)29(41)33(6,7)26(34)12-13-35(27,9)36(28,10)15-17-37/h18-19,24,26,28H,12-17,20,22H2,1-11H3/t24-,26-,28-,34-,35+,36+,37+/m0/s1. The summed E-state index contributed by atoms with van der Waals surface area (Å²) in [6.45, 7) is 21.8. The van der Waals surface area contributed by atoms with Gasteiger partial charge in [0.2, 0.25) is 0 Å². The van der Waals surface area contributed by atoms with E-state index >= 15 is 0 Å². The summed E-state index contributed by atoms with van der Waals surface area (Å²) in [4.78, 5) is 42.9. The average molecular weight is 591 g/mol. The van der Waals surface area contributed by atoms with E-state index in [9.17, 15) is 19.6 Å². The Morgan fingerprint density at radius 2 is 1.65 bits per heavy atom. The van der Waals surface area contributed by atoms with Crippen LogP contribution >= 0.6 is 0 Å². The van der Waals surface area contributed by atoms with Gasteiger partial charge in [-0.15, -0.1) is 0 Å². The maximum Gasteiger partial charge on any atom is 0.410 e. The Bertz CT molecular complexity index is 1360. The highest BCUT2D eigenvalue weighted by atomic mass is 16.6. The molecular weight excluding hydrogens is 536 g/mol. The number of carbonyl (C=O) groups is 3. The SMILES string of the molecule is CN(C[C@]12CCC(C)(C)C[C@H]1[C@H]1C(=O)C=C3[C@@]4(C)C=C(C#N)C(=O)C(C)(C)[C@@H]4CC[C@@]3(C)[C@]1(C)CC2)C(=O)OC(C)(C)C. The molecule has 0 saturated heterocycles. The van der Waals surface area contributed by atoms with Crippen molar-refractivity contribution in [1.29, 1.82) is 5.26 Å². The van der Waals surface area contributed by atoms with Crippen LogP contribution in [0.2, 0.25) is 0 Å². The lowest BCUT2D eigenvalue weighted by atomic mass is 9.34. The van der Waals surface area contributed by atoms with Gasteiger partial charge in [-0.3, -0.25) is 9.59 Å². The monoisotopic (exact) mass is 590 g/mol. The minimum atomic E-state index is -0.668. The summed E-state index contributed by atoms with van der Waals surface area (Å²) < 4.78 is 5.75. The van der Waals surface area contributed by atoms with E-state index in [0.717, 1.165) is 50.5 Å². The van der Waals surface area contributed by atoms with Crippen molar-refractivity contribution in [1.82, 2.24) is 4.90 Å². The highest BCUT2D eigenvalue weighted by Gasteiger charge is 2.69. The number of hydrogen-bond acceptors (Lipinski definition) is 5. The summed E-state index contributed by atoms with van der Waals surface area (Å²) in [6, 6.07) is 2.20. The minimum absolute atomic E-state index is 0.0376. The predicted octanol–water partition coefficient (Wildman–Crippen LogP) is 8.07. The summed E-state index contributed by atoms with van der Waals surface area (Å²) in [7, 11) is 1.85. The molecule has 7 atom stereocenters. The summed E-state index contributed by atoms with van der Waals surface area (Å²) in [5.74, 6) is 0.177. The van der Waals surface area contributed by atoms with E-state index in [-0.39, 0.29) is 62.6 Å². The van der Waals surface area contributed by atoms with Gasteiger partial charge in [0.1, 0.15) is 11.7 Å². The third-order valence-electron chi connectivity index (χ3n) is 13.3. The molecule has 5 aliphatic carbocycles. The summed E-state index contributed by atoms with van der Waals surface area (Å²) in [5, 5.41) is 9.97. The zero-order chi connectivity index (χ0) is 32.2. The molecule has 5 aliphatic rings. The molecule has 6 heteroatoms. The molecule has 6 nitrogen and oxygen atoms in total. The van der Waals surface area contributed by atoms with Crippen LogP contribution in [-0.2, 0) is 14.3 Å². The minimum Gasteiger partial charge on any atom is -0.444 e. The highest BCUT2D eigenvalue weighted by molar-refractivity contribution is 6.04. The largest absolute Gasteiger partial charge is 0.444 e. The maximum atomic E-state index is 14.7. The van der Waals surface area contributed by atoms with Crippen molar-refractivity contribution in [3.05, 3.63) is 23.3 Å². The van der Waals surface area contributed by atoms with Gasteiger partial charge in [0.25, 0.3) is 0 Å². The number of allylic oxidation sites excluding steroid dienone is 4. The molecular formula is C37H54N2O4. The van der Waals surface area contributed by atoms with Gasteiger partial charge in [0.05, 0.1) is 5.57 Å². The first-order valence-electron chi connectivity index (χ1n) is 16.5. The second-order valence-corrected chi connectivity index (χ2v) is 18.0. The Kier molecular flexibility index (Phi) is 7.10. The number of carbonyl (C=O) groups excluding carboxylic acids is 3. The van der Waals surface area contributed by atoms with E-state index in [1.165, 1.54) is 0 Å². The van der Waals surface area contributed by atoms with E-state index in [4.69, 9.17) is 4.74 Å². The number of amides is 1. The van der Waals surface area contributed by atoms with Crippen LogP contribution in [0.15, 0.2) is 23.3 Å². The van der Waals surface area contributed by atoms with Crippen LogP contribution in [0.25, 0.3) is 0 Å². The lowest BCUT2D eigenvalue weighted by Crippen LogP contribution is -2.66. The molecule has 3 saturated carbocycles. The van der Waals surface area contributed by atoms with Gasteiger partial charge in [-0.2, -0.15) is 5.26 Å². The Morgan fingerprint density at radius 1 is 1.02 bits per heavy atom. The van der Waals surface area contributed by atoms with Gasteiger partial charge < -0.3 is 9.64 Å². The molecule has 43 heavy (non-hydrogen) atoms. The fraction of sp³-hybridized carbons (Fsp3) is 0.784. The van der Waals surface area contributed by atoms with Crippen LogP contribution in [0.4, 0.5) is 4.79 Å². The van der Waals surface area contributed by atoms with Crippen LogP contribution < -0.4 is 0 Å². The quantitative estimate of drug-likeness (QED) is 0.324. The number of hydrogen-bond donors (Lipinski definition) is 0. The molecule has 0 radical (unpaired) electrons. The van der Waals surface area contributed by atoms with Gasteiger partial charge in [0.15, 0.2) is 11.6 Å². The molecule has 0 aromatic rings. The third kappa shape index (κ3) is 4.57.